The van der Waals surface area contributed by atoms with Gasteiger partial charge in [0.05, 0.1) is 17.0 Å². The number of carbonyl (C=O) groups is 1. The molecule has 0 atom stereocenters. The highest BCUT2D eigenvalue weighted by atomic mass is 32.2. The Hall–Kier alpha value is -2.70. The molecule has 3 aromatic rings. The number of rotatable bonds is 5. The van der Waals surface area contributed by atoms with Crippen LogP contribution in [0, 0.1) is 18.3 Å². The van der Waals surface area contributed by atoms with Crippen molar-refractivity contribution < 1.29 is 4.79 Å². The largest absolute Gasteiger partial charge is 0.316 e. The zero-order chi connectivity index (χ0) is 18.8. The molecular formula is C18H16N6OS2. The van der Waals surface area contributed by atoms with Gasteiger partial charge in [-0.2, -0.15) is 9.94 Å². The Bertz CT molecular complexity index is 1050. The van der Waals surface area contributed by atoms with Gasteiger partial charge in [-0.1, -0.05) is 30.0 Å². The van der Waals surface area contributed by atoms with Crippen LogP contribution in [-0.2, 0) is 17.6 Å². The molecule has 0 bridgehead atoms. The molecule has 0 aliphatic heterocycles. The molecule has 1 aromatic carbocycles. The first kappa shape index (κ1) is 17.7. The summed E-state index contributed by atoms with van der Waals surface area (Å²) in [7, 11) is 0. The molecule has 2 aromatic heterocycles. The fraction of sp³-hybridized carbons (Fsp3) is 0.278. The van der Waals surface area contributed by atoms with Gasteiger partial charge in [0, 0.05) is 4.88 Å². The predicted molar refractivity (Wildman–Crippen MR) is 104 cm³/mol. The van der Waals surface area contributed by atoms with Crippen molar-refractivity contribution in [1.82, 2.24) is 20.2 Å². The van der Waals surface area contributed by atoms with Crippen molar-refractivity contribution in [3.63, 3.8) is 0 Å². The number of nitriles is 1. The second-order valence-electron chi connectivity index (χ2n) is 6.17. The minimum Gasteiger partial charge on any atom is -0.316 e. The molecule has 0 fully saturated rings. The highest BCUT2D eigenvalue weighted by molar-refractivity contribution is 7.99. The SMILES string of the molecule is Cc1ccccc1-n1nnnc1SCC(=O)Nc1sc2c(c1C#N)CCC2. The summed E-state index contributed by atoms with van der Waals surface area (Å²) >= 11 is 2.78. The maximum atomic E-state index is 12.4. The van der Waals surface area contributed by atoms with Crippen molar-refractivity contribution in [2.45, 2.75) is 31.3 Å². The van der Waals surface area contributed by atoms with Crippen LogP contribution in [0.5, 0.6) is 0 Å². The van der Waals surface area contributed by atoms with Crippen LogP contribution in [0.2, 0.25) is 0 Å². The number of nitrogens with one attached hydrogen (secondary N) is 1. The number of aryl methyl sites for hydroxylation is 2. The molecule has 1 N–H and O–H groups in total. The molecule has 4 rings (SSSR count). The molecule has 27 heavy (non-hydrogen) atoms. The number of thioether (sulfide) groups is 1. The second kappa shape index (κ2) is 7.50. The molecule has 0 unspecified atom stereocenters. The van der Waals surface area contributed by atoms with Crippen LogP contribution in [0.15, 0.2) is 29.4 Å². The summed E-state index contributed by atoms with van der Waals surface area (Å²) in [6.45, 7) is 1.98. The molecule has 0 saturated carbocycles. The summed E-state index contributed by atoms with van der Waals surface area (Å²) < 4.78 is 1.63. The van der Waals surface area contributed by atoms with E-state index < -0.39 is 0 Å². The standard InChI is InChI=1S/C18H16N6OS2/c1-11-5-2-3-7-14(11)24-18(21-22-23-24)26-10-16(25)20-17-13(9-19)12-6-4-8-15(12)27-17/h2-3,5,7H,4,6,8,10H2,1H3,(H,20,25). The third-order valence-corrected chi connectivity index (χ3v) is 6.53. The van der Waals surface area contributed by atoms with E-state index in [0.29, 0.717) is 15.7 Å². The lowest BCUT2D eigenvalue weighted by Crippen LogP contribution is -2.14. The van der Waals surface area contributed by atoms with E-state index in [1.165, 1.54) is 28.0 Å². The molecule has 1 aliphatic rings. The van der Waals surface area contributed by atoms with Crippen molar-refractivity contribution in [2.75, 3.05) is 11.1 Å². The van der Waals surface area contributed by atoms with E-state index >= 15 is 0 Å². The van der Waals surface area contributed by atoms with Crippen LogP contribution in [0.1, 0.15) is 28.0 Å². The average molecular weight is 397 g/mol. The van der Waals surface area contributed by atoms with Crippen molar-refractivity contribution >= 4 is 34.0 Å². The zero-order valence-corrected chi connectivity index (χ0v) is 16.2. The van der Waals surface area contributed by atoms with Gasteiger partial charge in [0.15, 0.2) is 0 Å². The molecule has 9 heteroatoms. The lowest BCUT2D eigenvalue weighted by atomic mass is 10.1. The number of tetrazole rings is 1. The number of carbonyl (C=O) groups excluding carboxylic acids is 1. The van der Waals surface area contributed by atoms with Crippen LogP contribution < -0.4 is 5.32 Å². The highest BCUT2D eigenvalue weighted by Crippen LogP contribution is 2.38. The minimum absolute atomic E-state index is 0.166. The van der Waals surface area contributed by atoms with E-state index in [-0.39, 0.29) is 11.7 Å². The Balaban J connectivity index is 1.45. The van der Waals surface area contributed by atoms with Gasteiger partial charge in [-0.3, -0.25) is 4.79 Å². The summed E-state index contributed by atoms with van der Waals surface area (Å²) in [5, 5.41) is 25.3. The van der Waals surface area contributed by atoms with Gasteiger partial charge < -0.3 is 5.32 Å². The van der Waals surface area contributed by atoms with Crippen LogP contribution in [0.25, 0.3) is 5.69 Å². The summed E-state index contributed by atoms with van der Waals surface area (Å²) in [6.07, 6.45) is 3.00. The van der Waals surface area contributed by atoms with E-state index in [1.807, 2.05) is 31.2 Å². The lowest BCUT2D eigenvalue weighted by Gasteiger charge is -2.07. The van der Waals surface area contributed by atoms with E-state index in [2.05, 4.69) is 26.9 Å². The van der Waals surface area contributed by atoms with Gasteiger partial charge in [0.1, 0.15) is 11.1 Å². The molecule has 0 spiro atoms. The third kappa shape index (κ3) is 3.46. The Morgan fingerprint density at radius 3 is 3.07 bits per heavy atom. The van der Waals surface area contributed by atoms with Crippen LogP contribution in [0.4, 0.5) is 5.00 Å². The molecular weight excluding hydrogens is 380 g/mol. The maximum absolute atomic E-state index is 12.4. The third-order valence-electron chi connectivity index (χ3n) is 4.40. The predicted octanol–water partition coefficient (Wildman–Crippen LogP) is 3.12. The summed E-state index contributed by atoms with van der Waals surface area (Å²) in [6, 6.07) is 10.0. The number of para-hydroxylation sites is 1. The van der Waals surface area contributed by atoms with Gasteiger partial charge in [-0.05, 0) is 53.8 Å². The van der Waals surface area contributed by atoms with Gasteiger partial charge >= 0.3 is 0 Å². The number of anilines is 1. The van der Waals surface area contributed by atoms with Gasteiger partial charge in [0.2, 0.25) is 11.1 Å². The maximum Gasteiger partial charge on any atom is 0.235 e. The smallest absolute Gasteiger partial charge is 0.235 e. The zero-order valence-electron chi connectivity index (χ0n) is 14.6. The summed E-state index contributed by atoms with van der Waals surface area (Å²) in [5.74, 6) is -0.00424. The molecule has 1 aliphatic carbocycles. The molecule has 136 valence electrons. The number of fused-ring (bicyclic) bond motifs is 1. The number of aromatic nitrogens is 4. The van der Waals surface area contributed by atoms with Crippen molar-refractivity contribution in [3.8, 4) is 11.8 Å². The molecule has 7 nitrogen and oxygen atoms in total. The Morgan fingerprint density at radius 1 is 1.41 bits per heavy atom. The number of benzene rings is 1. The van der Waals surface area contributed by atoms with Crippen molar-refractivity contribution in [3.05, 3.63) is 45.8 Å². The van der Waals surface area contributed by atoms with Gasteiger partial charge in [-0.25, -0.2) is 0 Å². The van der Waals surface area contributed by atoms with Crippen molar-refractivity contribution in [2.24, 2.45) is 0 Å². The normalized spacial score (nSPS) is 12.6. The Kier molecular flexibility index (Phi) is 4.92. The van der Waals surface area contributed by atoms with Crippen LogP contribution >= 0.6 is 23.1 Å². The van der Waals surface area contributed by atoms with Gasteiger partial charge in [-0.15, -0.1) is 16.4 Å². The molecule has 2 heterocycles. The van der Waals surface area contributed by atoms with Gasteiger partial charge in [0.25, 0.3) is 0 Å². The first-order chi connectivity index (χ1) is 13.2. The first-order valence-corrected chi connectivity index (χ1v) is 10.3. The van der Waals surface area contributed by atoms with Crippen LogP contribution in [-0.4, -0.2) is 31.9 Å². The Morgan fingerprint density at radius 2 is 2.26 bits per heavy atom. The fourth-order valence-electron chi connectivity index (χ4n) is 3.12. The molecule has 0 saturated heterocycles. The first-order valence-electron chi connectivity index (χ1n) is 8.49. The molecule has 1 amide bonds. The topological polar surface area (TPSA) is 96.5 Å². The second-order valence-corrected chi connectivity index (χ2v) is 8.22. The number of amides is 1. The average Bonchev–Trinajstić information content (AvgIpc) is 3.36. The highest BCUT2D eigenvalue weighted by Gasteiger charge is 2.23. The molecule has 0 radical (unpaired) electrons. The summed E-state index contributed by atoms with van der Waals surface area (Å²) in [4.78, 5) is 13.6. The Labute approximate surface area is 164 Å². The minimum atomic E-state index is -0.171. The summed E-state index contributed by atoms with van der Waals surface area (Å²) in [5.41, 5.74) is 3.65. The monoisotopic (exact) mass is 396 g/mol. The van der Waals surface area contributed by atoms with E-state index in [0.717, 1.165) is 36.1 Å². The number of hydrogen-bond donors (Lipinski definition) is 1. The van der Waals surface area contributed by atoms with E-state index in [1.54, 1.807) is 4.68 Å². The number of hydrogen-bond acceptors (Lipinski definition) is 7. The van der Waals surface area contributed by atoms with E-state index in [4.69, 9.17) is 0 Å². The fourth-order valence-corrected chi connectivity index (χ4v) is 5.06. The number of thiophene rings is 1. The lowest BCUT2D eigenvalue weighted by molar-refractivity contribution is -0.113. The number of nitrogens with zero attached hydrogens (tertiary/aromatic N) is 5. The van der Waals surface area contributed by atoms with E-state index in [9.17, 15) is 10.1 Å². The van der Waals surface area contributed by atoms with Crippen LogP contribution in [0.3, 0.4) is 0 Å². The quantitative estimate of drug-likeness (QED) is 0.666. The van der Waals surface area contributed by atoms with Crippen molar-refractivity contribution in [1.29, 1.82) is 5.26 Å².